The van der Waals surface area contributed by atoms with Crippen molar-refractivity contribution >= 4 is 29.9 Å². The van der Waals surface area contributed by atoms with E-state index in [1.165, 1.54) is 7.11 Å². The Morgan fingerprint density at radius 3 is 2.91 bits per heavy atom. The van der Waals surface area contributed by atoms with E-state index in [1.807, 2.05) is 12.1 Å². The van der Waals surface area contributed by atoms with Crippen LogP contribution in [0.25, 0.3) is 0 Å². The second-order valence-electron chi connectivity index (χ2n) is 4.70. The zero-order valence-electron chi connectivity index (χ0n) is 12.3. The molecule has 1 aliphatic rings. The Hall–Kier alpha value is -1.21. The van der Waals surface area contributed by atoms with Crippen molar-refractivity contribution in [2.24, 2.45) is 5.73 Å². The average Bonchev–Trinajstić information content (AvgIpc) is 2.47. The molecule has 0 aliphatic carbocycles. The number of amides is 1. The molecule has 0 spiro atoms. The topological polar surface area (TPSA) is 82.8 Å². The van der Waals surface area contributed by atoms with Crippen molar-refractivity contribution < 1.29 is 19.0 Å². The van der Waals surface area contributed by atoms with Gasteiger partial charge in [-0.3, -0.25) is 4.79 Å². The zero-order chi connectivity index (χ0) is 15.2. The quantitative estimate of drug-likeness (QED) is 0.804. The largest absolute Gasteiger partial charge is 0.486 e. The second kappa shape index (κ2) is 9.05. The third-order valence-electron chi connectivity index (χ3n) is 3.05. The minimum atomic E-state index is -0.654. The molecule has 124 valence electrons. The lowest BCUT2D eigenvalue weighted by atomic mass is 10.1. The van der Waals surface area contributed by atoms with Crippen molar-refractivity contribution in [2.75, 3.05) is 33.5 Å². The summed E-state index contributed by atoms with van der Waals surface area (Å²) < 4.78 is 15.8. The van der Waals surface area contributed by atoms with E-state index in [4.69, 9.17) is 31.5 Å². The van der Waals surface area contributed by atoms with Crippen LogP contribution in [0.1, 0.15) is 5.56 Å². The summed E-state index contributed by atoms with van der Waals surface area (Å²) in [6.07, 6.45) is 0.627. The smallest absolute Gasteiger partial charge is 0.239 e. The molecule has 1 atom stereocenters. The molecular weight excluding hydrogens is 331 g/mol. The number of hydrogen-bond acceptors (Lipinski definition) is 5. The van der Waals surface area contributed by atoms with Crippen LogP contribution in [0.5, 0.6) is 11.5 Å². The molecule has 0 bridgehead atoms. The minimum absolute atomic E-state index is 0. The molecular formula is C14H20Cl2N2O4. The highest BCUT2D eigenvalue weighted by Crippen LogP contribution is 2.38. The first kappa shape index (κ1) is 18.8. The predicted octanol–water partition coefficient (Wildman–Crippen LogP) is 1.17. The fourth-order valence-corrected chi connectivity index (χ4v) is 2.31. The molecule has 2 rings (SSSR count). The number of nitrogens with one attached hydrogen (secondary N) is 1. The fourth-order valence-electron chi connectivity index (χ4n) is 2.02. The molecule has 0 aromatic heterocycles. The van der Waals surface area contributed by atoms with Crippen LogP contribution in [0.4, 0.5) is 0 Å². The van der Waals surface area contributed by atoms with E-state index in [2.05, 4.69) is 5.32 Å². The fraction of sp³-hybridized carbons (Fsp3) is 0.500. The zero-order valence-corrected chi connectivity index (χ0v) is 13.8. The third kappa shape index (κ3) is 4.91. The minimum Gasteiger partial charge on any atom is -0.486 e. The van der Waals surface area contributed by atoms with Crippen molar-refractivity contribution in [2.45, 2.75) is 12.5 Å². The molecule has 22 heavy (non-hydrogen) atoms. The maximum atomic E-state index is 11.6. The van der Waals surface area contributed by atoms with E-state index < -0.39 is 6.04 Å². The number of fused-ring (bicyclic) bond motifs is 1. The highest BCUT2D eigenvalue weighted by molar-refractivity contribution is 6.32. The molecule has 1 aromatic carbocycles. The van der Waals surface area contributed by atoms with Crippen molar-refractivity contribution in [1.82, 2.24) is 5.32 Å². The van der Waals surface area contributed by atoms with Crippen LogP contribution in [0.2, 0.25) is 5.02 Å². The molecule has 6 nitrogen and oxygen atoms in total. The average molecular weight is 351 g/mol. The molecule has 8 heteroatoms. The SMILES string of the molecule is COCC(N)C(=O)NCCc1cc(Cl)c2c(c1)OCCO2.Cl. The molecule has 1 unspecified atom stereocenters. The summed E-state index contributed by atoms with van der Waals surface area (Å²) in [5.74, 6) is 0.990. The van der Waals surface area contributed by atoms with Crippen LogP contribution in [0, 0.1) is 0 Å². The number of ether oxygens (including phenoxy) is 3. The van der Waals surface area contributed by atoms with E-state index >= 15 is 0 Å². The maximum absolute atomic E-state index is 11.6. The van der Waals surface area contributed by atoms with Gasteiger partial charge in [0.25, 0.3) is 0 Å². The number of nitrogens with two attached hydrogens (primary N) is 1. The Kier molecular flexibility index (Phi) is 7.75. The first-order chi connectivity index (χ1) is 10.1. The third-order valence-corrected chi connectivity index (χ3v) is 3.33. The molecule has 1 aromatic rings. The van der Waals surface area contributed by atoms with Gasteiger partial charge in [-0.15, -0.1) is 12.4 Å². The van der Waals surface area contributed by atoms with Gasteiger partial charge in [0.1, 0.15) is 19.3 Å². The van der Waals surface area contributed by atoms with E-state index in [1.54, 1.807) is 0 Å². The number of carbonyl (C=O) groups excluding carboxylic acids is 1. The summed E-state index contributed by atoms with van der Waals surface area (Å²) in [5.41, 5.74) is 6.59. The van der Waals surface area contributed by atoms with Crippen molar-refractivity contribution in [3.05, 3.63) is 22.7 Å². The number of hydrogen-bond donors (Lipinski definition) is 2. The van der Waals surface area contributed by atoms with Gasteiger partial charge in [0, 0.05) is 13.7 Å². The summed E-state index contributed by atoms with van der Waals surface area (Å²) in [4.78, 5) is 11.6. The molecule has 0 radical (unpaired) electrons. The van der Waals surface area contributed by atoms with Crippen LogP contribution in [-0.4, -0.2) is 45.4 Å². The first-order valence-corrected chi connectivity index (χ1v) is 7.10. The van der Waals surface area contributed by atoms with E-state index in [0.29, 0.717) is 42.7 Å². The van der Waals surface area contributed by atoms with Crippen molar-refractivity contribution in [1.29, 1.82) is 0 Å². The number of methoxy groups -OCH3 is 1. The van der Waals surface area contributed by atoms with Gasteiger partial charge in [0.05, 0.1) is 11.6 Å². The number of carbonyl (C=O) groups is 1. The molecule has 1 amide bonds. The Morgan fingerprint density at radius 1 is 1.45 bits per heavy atom. The lowest BCUT2D eigenvalue weighted by molar-refractivity contribution is -0.123. The Labute approximate surface area is 140 Å². The highest BCUT2D eigenvalue weighted by atomic mass is 35.5. The Morgan fingerprint density at radius 2 is 2.18 bits per heavy atom. The van der Waals surface area contributed by atoms with Gasteiger partial charge in [0.2, 0.25) is 5.91 Å². The molecule has 1 aliphatic heterocycles. The van der Waals surface area contributed by atoms with E-state index in [0.717, 1.165) is 5.56 Å². The van der Waals surface area contributed by atoms with E-state index in [-0.39, 0.29) is 24.9 Å². The molecule has 0 saturated heterocycles. The number of rotatable bonds is 6. The van der Waals surface area contributed by atoms with Gasteiger partial charge in [0.15, 0.2) is 11.5 Å². The molecule has 1 heterocycles. The summed E-state index contributed by atoms with van der Waals surface area (Å²) in [6.45, 7) is 1.67. The monoisotopic (exact) mass is 350 g/mol. The Balaban J connectivity index is 0.00000242. The van der Waals surface area contributed by atoms with Gasteiger partial charge in [-0.2, -0.15) is 0 Å². The lowest BCUT2D eigenvalue weighted by Gasteiger charge is -2.20. The van der Waals surface area contributed by atoms with Gasteiger partial charge in [-0.25, -0.2) is 0 Å². The summed E-state index contributed by atoms with van der Waals surface area (Å²) in [7, 11) is 1.50. The van der Waals surface area contributed by atoms with Gasteiger partial charge < -0.3 is 25.3 Å². The summed E-state index contributed by atoms with van der Waals surface area (Å²) >= 11 is 6.15. The van der Waals surface area contributed by atoms with Crippen LogP contribution >= 0.6 is 24.0 Å². The second-order valence-corrected chi connectivity index (χ2v) is 5.11. The molecule has 0 fully saturated rings. The Bertz CT molecular complexity index is 514. The summed E-state index contributed by atoms with van der Waals surface area (Å²) in [6, 6.07) is 3.04. The summed E-state index contributed by atoms with van der Waals surface area (Å²) in [5, 5.41) is 3.27. The molecule has 0 saturated carbocycles. The van der Waals surface area contributed by atoms with Gasteiger partial charge in [-0.1, -0.05) is 11.6 Å². The molecule has 3 N–H and O–H groups in total. The highest BCUT2D eigenvalue weighted by Gasteiger charge is 2.17. The van der Waals surface area contributed by atoms with Gasteiger partial charge >= 0.3 is 0 Å². The van der Waals surface area contributed by atoms with Crippen LogP contribution in [-0.2, 0) is 16.0 Å². The van der Waals surface area contributed by atoms with Crippen molar-refractivity contribution in [3.63, 3.8) is 0 Å². The van der Waals surface area contributed by atoms with Crippen LogP contribution in [0.15, 0.2) is 12.1 Å². The first-order valence-electron chi connectivity index (χ1n) is 6.72. The predicted molar refractivity (Wildman–Crippen MR) is 86.3 cm³/mol. The number of halogens is 2. The number of benzene rings is 1. The normalized spacial score (nSPS) is 14.0. The standard InChI is InChI=1S/C14H19ClN2O4.ClH/c1-19-8-11(16)14(18)17-3-2-9-6-10(15)13-12(7-9)20-4-5-21-13;/h6-7,11H,2-5,8,16H2,1H3,(H,17,18);1H. The lowest BCUT2D eigenvalue weighted by Crippen LogP contribution is -2.44. The van der Waals surface area contributed by atoms with Crippen LogP contribution < -0.4 is 20.5 Å². The maximum Gasteiger partial charge on any atom is 0.239 e. The van der Waals surface area contributed by atoms with E-state index in [9.17, 15) is 4.79 Å². The van der Waals surface area contributed by atoms with Gasteiger partial charge in [-0.05, 0) is 24.1 Å². The van der Waals surface area contributed by atoms with Crippen LogP contribution in [0.3, 0.4) is 0 Å². The van der Waals surface area contributed by atoms with Crippen molar-refractivity contribution in [3.8, 4) is 11.5 Å².